The number of aromatic nitrogens is 2. The number of ether oxygens (including phenoxy) is 2. The van der Waals surface area contributed by atoms with E-state index in [-0.39, 0.29) is 31.2 Å². The Morgan fingerprint density at radius 2 is 2.11 bits per heavy atom. The molecule has 0 aromatic carbocycles. The first-order chi connectivity index (χ1) is 9.01. The van der Waals surface area contributed by atoms with Crippen molar-refractivity contribution in [2.24, 2.45) is 0 Å². The smallest absolute Gasteiger partial charge is 0.330 e. The van der Waals surface area contributed by atoms with Crippen LogP contribution in [0.2, 0.25) is 0 Å². The lowest BCUT2D eigenvalue weighted by Crippen LogP contribution is -2.35. The molecule has 0 saturated heterocycles. The second-order valence-corrected chi connectivity index (χ2v) is 3.59. The standard InChI is InChI=1S/C10H16N4O5/c1-18-4-3-14-8(11)7(9(16)13-10(14)17)12-5-6(15)19-2/h12H,3-5,11H2,1-2H3,(H,13,16,17). The topological polar surface area (TPSA) is 128 Å². The molecule has 0 atom stereocenters. The second-order valence-electron chi connectivity index (χ2n) is 3.59. The molecule has 0 bridgehead atoms. The van der Waals surface area contributed by atoms with E-state index in [9.17, 15) is 14.4 Å². The van der Waals surface area contributed by atoms with Gasteiger partial charge in [-0.2, -0.15) is 0 Å². The number of carbonyl (C=O) groups excluding carboxylic acids is 1. The Labute approximate surface area is 108 Å². The van der Waals surface area contributed by atoms with Gasteiger partial charge in [0.2, 0.25) is 0 Å². The Hall–Kier alpha value is -2.29. The third-order valence-electron chi connectivity index (χ3n) is 2.40. The molecular weight excluding hydrogens is 256 g/mol. The molecule has 0 unspecified atom stereocenters. The van der Waals surface area contributed by atoms with Crippen LogP contribution in [0.5, 0.6) is 0 Å². The van der Waals surface area contributed by atoms with Crippen molar-refractivity contribution in [3.8, 4) is 0 Å². The fourth-order valence-electron chi connectivity index (χ4n) is 1.40. The van der Waals surface area contributed by atoms with Crippen LogP contribution in [-0.4, -0.2) is 42.9 Å². The van der Waals surface area contributed by atoms with Crippen molar-refractivity contribution in [2.75, 3.05) is 38.4 Å². The minimum absolute atomic E-state index is 0.0545. The van der Waals surface area contributed by atoms with Crippen LogP contribution in [0, 0.1) is 0 Å². The molecule has 0 radical (unpaired) electrons. The molecule has 9 nitrogen and oxygen atoms in total. The van der Waals surface area contributed by atoms with Gasteiger partial charge in [-0.3, -0.25) is 19.1 Å². The number of nitrogens with one attached hydrogen (secondary N) is 2. The molecule has 0 saturated carbocycles. The van der Waals surface area contributed by atoms with Crippen LogP contribution in [0.15, 0.2) is 9.59 Å². The number of aromatic amines is 1. The molecule has 1 aromatic rings. The van der Waals surface area contributed by atoms with Crippen molar-refractivity contribution in [1.82, 2.24) is 9.55 Å². The highest BCUT2D eigenvalue weighted by atomic mass is 16.5. The van der Waals surface area contributed by atoms with Crippen LogP contribution in [0.3, 0.4) is 0 Å². The van der Waals surface area contributed by atoms with Crippen molar-refractivity contribution >= 4 is 17.5 Å². The van der Waals surface area contributed by atoms with Crippen LogP contribution in [0.4, 0.5) is 11.5 Å². The highest BCUT2D eigenvalue weighted by Gasteiger charge is 2.13. The molecule has 19 heavy (non-hydrogen) atoms. The molecule has 1 aromatic heterocycles. The summed E-state index contributed by atoms with van der Waals surface area (Å²) in [4.78, 5) is 36.3. The average molecular weight is 272 g/mol. The number of carbonyl (C=O) groups is 1. The van der Waals surface area contributed by atoms with Gasteiger partial charge in [0.25, 0.3) is 5.56 Å². The SMILES string of the molecule is COCCn1c(N)c(NCC(=O)OC)c(=O)[nH]c1=O. The average Bonchev–Trinajstić information content (AvgIpc) is 2.37. The van der Waals surface area contributed by atoms with Crippen molar-refractivity contribution < 1.29 is 14.3 Å². The van der Waals surface area contributed by atoms with Crippen molar-refractivity contribution in [2.45, 2.75) is 6.54 Å². The molecule has 0 aliphatic rings. The lowest BCUT2D eigenvalue weighted by atomic mass is 10.4. The summed E-state index contributed by atoms with van der Waals surface area (Å²) in [5.41, 5.74) is 4.34. The van der Waals surface area contributed by atoms with Gasteiger partial charge in [0.15, 0.2) is 0 Å². The Bertz CT molecular complexity index is 562. The Morgan fingerprint density at radius 3 is 2.68 bits per heavy atom. The van der Waals surface area contributed by atoms with E-state index in [1.165, 1.54) is 14.2 Å². The molecule has 0 fully saturated rings. The van der Waals surface area contributed by atoms with Crippen molar-refractivity contribution in [3.05, 3.63) is 20.8 Å². The number of anilines is 2. The van der Waals surface area contributed by atoms with Gasteiger partial charge in [-0.1, -0.05) is 0 Å². The minimum atomic E-state index is -0.694. The van der Waals surface area contributed by atoms with Gasteiger partial charge in [0.05, 0.1) is 20.3 Å². The second kappa shape index (κ2) is 6.59. The molecule has 0 aliphatic carbocycles. The maximum atomic E-state index is 11.6. The quantitative estimate of drug-likeness (QED) is 0.529. The maximum Gasteiger partial charge on any atom is 0.330 e. The zero-order chi connectivity index (χ0) is 14.4. The first-order valence-corrected chi connectivity index (χ1v) is 5.43. The monoisotopic (exact) mass is 272 g/mol. The fraction of sp³-hybridized carbons (Fsp3) is 0.500. The summed E-state index contributed by atoms with van der Waals surface area (Å²) in [7, 11) is 2.69. The molecule has 0 aliphatic heterocycles. The summed E-state index contributed by atoms with van der Waals surface area (Å²) in [6.45, 7) is 0.212. The van der Waals surface area contributed by atoms with Gasteiger partial charge in [-0.25, -0.2) is 4.79 Å². The highest BCUT2D eigenvalue weighted by Crippen LogP contribution is 2.09. The fourth-order valence-corrected chi connectivity index (χ4v) is 1.40. The van der Waals surface area contributed by atoms with Crippen LogP contribution in [0.1, 0.15) is 0 Å². The lowest BCUT2D eigenvalue weighted by molar-refractivity contribution is -0.138. The summed E-state index contributed by atoms with van der Waals surface area (Å²) in [5, 5.41) is 2.53. The van der Waals surface area contributed by atoms with E-state index in [2.05, 4.69) is 15.0 Å². The summed E-state index contributed by atoms with van der Waals surface area (Å²) in [6, 6.07) is 0. The van der Waals surface area contributed by atoms with Gasteiger partial charge in [-0.15, -0.1) is 0 Å². The molecule has 1 rings (SSSR count). The Kier molecular flexibility index (Phi) is 5.12. The first-order valence-electron chi connectivity index (χ1n) is 5.43. The molecule has 9 heteroatoms. The van der Waals surface area contributed by atoms with E-state index in [4.69, 9.17) is 10.5 Å². The van der Waals surface area contributed by atoms with E-state index >= 15 is 0 Å². The van der Waals surface area contributed by atoms with Crippen LogP contribution in [0.25, 0.3) is 0 Å². The van der Waals surface area contributed by atoms with E-state index in [1.54, 1.807) is 0 Å². The number of esters is 1. The van der Waals surface area contributed by atoms with E-state index in [0.717, 1.165) is 4.57 Å². The third-order valence-corrected chi connectivity index (χ3v) is 2.40. The number of nitrogen functional groups attached to an aromatic ring is 1. The number of nitrogens with zero attached hydrogens (tertiary/aromatic N) is 1. The van der Waals surface area contributed by atoms with Gasteiger partial charge >= 0.3 is 11.7 Å². The highest BCUT2D eigenvalue weighted by molar-refractivity contribution is 5.76. The minimum Gasteiger partial charge on any atom is -0.468 e. The molecule has 106 valence electrons. The van der Waals surface area contributed by atoms with Crippen LogP contribution < -0.4 is 22.3 Å². The van der Waals surface area contributed by atoms with Gasteiger partial charge in [-0.05, 0) is 0 Å². The molecule has 0 spiro atoms. The Morgan fingerprint density at radius 1 is 1.42 bits per heavy atom. The number of H-pyrrole nitrogens is 1. The zero-order valence-corrected chi connectivity index (χ0v) is 10.7. The van der Waals surface area contributed by atoms with Crippen molar-refractivity contribution in [3.63, 3.8) is 0 Å². The normalized spacial score (nSPS) is 10.2. The van der Waals surface area contributed by atoms with Crippen LogP contribution in [-0.2, 0) is 20.8 Å². The summed E-state index contributed by atoms with van der Waals surface area (Å²) < 4.78 is 10.4. The van der Waals surface area contributed by atoms with E-state index < -0.39 is 17.2 Å². The van der Waals surface area contributed by atoms with Gasteiger partial charge in [0, 0.05) is 7.11 Å². The van der Waals surface area contributed by atoms with Crippen LogP contribution >= 0.6 is 0 Å². The molecular formula is C10H16N4O5. The van der Waals surface area contributed by atoms with E-state index in [0.29, 0.717) is 0 Å². The number of hydrogen-bond acceptors (Lipinski definition) is 7. The van der Waals surface area contributed by atoms with E-state index in [1.807, 2.05) is 0 Å². The van der Waals surface area contributed by atoms with Gasteiger partial charge < -0.3 is 20.5 Å². The first kappa shape index (κ1) is 14.8. The van der Waals surface area contributed by atoms with Gasteiger partial charge in [0.1, 0.15) is 18.1 Å². The maximum absolute atomic E-state index is 11.6. The molecule has 4 N–H and O–H groups in total. The Balaban J connectivity index is 3.07. The van der Waals surface area contributed by atoms with Crippen molar-refractivity contribution in [1.29, 1.82) is 0 Å². The number of rotatable bonds is 6. The number of hydrogen-bond donors (Lipinski definition) is 3. The molecule has 1 heterocycles. The molecule has 0 amide bonds. The number of methoxy groups -OCH3 is 2. The lowest BCUT2D eigenvalue weighted by Gasteiger charge is -2.12. The predicted molar refractivity (Wildman–Crippen MR) is 68.1 cm³/mol. The summed E-state index contributed by atoms with van der Waals surface area (Å²) in [6.07, 6.45) is 0. The summed E-state index contributed by atoms with van der Waals surface area (Å²) in [5.74, 6) is -0.622. The zero-order valence-electron chi connectivity index (χ0n) is 10.7. The predicted octanol–water partition coefficient (Wildman–Crippen LogP) is -1.65. The largest absolute Gasteiger partial charge is 0.468 e. The third kappa shape index (κ3) is 3.58. The number of nitrogens with two attached hydrogens (primary N) is 1. The summed E-state index contributed by atoms with van der Waals surface area (Å²) >= 11 is 0.